The molecule has 0 radical (unpaired) electrons. The summed E-state index contributed by atoms with van der Waals surface area (Å²) in [5.74, 6) is 0.345. The number of imide groups is 1. The number of rotatable bonds is 9. The summed E-state index contributed by atoms with van der Waals surface area (Å²) >= 11 is 1.36. The summed E-state index contributed by atoms with van der Waals surface area (Å²) in [6.45, 7) is 6.51. The minimum atomic E-state index is -0.206. The maximum absolute atomic E-state index is 13.2. The molecule has 0 aromatic heterocycles. The molecule has 0 saturated heterocycles. The van der Waals surface area contributed by atoms with Crippen LogP contribution in [0.4, 0.5) is 0 Å². The van der Waals surface area contributed by atoms with E-state index in [0.717, 1.165) is 35.5 Å². The Labute approximate surface area is 176 Å². The second-order valence-corrected chi connectivity index (χ2v) is 8.36. The van der Waals surface area contributed by atoms with Crippen molar-refractivity contribution in [3.63, 3.8) is 0 Å². The number of benzene rings is 2. The number of hydrogen-bond donors (Lipinski definition) is 0. The first kappa shape index (κ1) is 21.2. The van der Waals surface area contributed by atoms with E-state index in [1.165, 1.54) is 16.7 Å². The molecule has 0 saturated carbocycles. The van der Waals surface area contributed by atoms with Crippen molar-refractivity contribution < 1.29 is 14.3 Å². The summed E-state index contributed by atoms with van der Waals surface area (Å²) in [5.41, 5.74) is 1.23. The first-order chi connectivity index (χ1) is 14.0. The van der Waals surface area contributed by atoms with Crippen LogP contribution < -0.4 is 4.74 Å². The van der Waals surface area contributed by atoms with E-state index in [9.17, 15) is 9.59 Å². The van der Waals surface area contributed by atoms with Gasteiger partial charge in [-0.1, -0.05) is 61.9 Å². The van der Waals surface area contributed by atoms with E-state index in [1.54, 1.807) is 0 Å². The van der Waals surface area contributed by atoms with Crippen LogP contribution in [0.3, 0.4) is 0 Å². The molecule has 1 heterocycles. The summed E-state index contributed by atoms with van der Waals surface area (Å²) in [5, 5.41) is 0. The third-order valence-electron chi connectivity index (χ3n) is 4.59. The van der Waals surface area contributed by atoms with Gasteiger partial charge >= 0.3 is 0 Å². The lowest BCUT2D eigenvalue weighted by Gasteiger charge is -2.15. The molecule has 0 atom stereocenters. The van der Waals surface area contributed by atoms with E-state index in [0.29, 0.717) is 17.0 Å². The van der Waals surface area contributed by atoms with Gasteiger partial charge in [0.15, 0.2) is 0 Å². The van der Waals surface area contributed by atoms with Crippen molar-refractivity contribution in [2.75, 3.05) is 6.54 Å². The van der Waals surface area contributed by atoms with Crippen LogP contribution in [0.5, 0.6) is 5.75 Å². The van der Waals surface area contributed by atoms with Crippen molar-refractivity contribution in [3.05, 3.63) is 65.1 Å². The molecule has 4 nitrogen and oxygen atoms in total. The number of hydrogen-bond acceptors (Lipinski definition) is 4. The average molecular weight is 410 g/mol. The molecule has 2 aromatic carbocycles. The molecule has 0 unspecified atom stereocenters. The van der Waals surface area contributed by atoms with Crippen LogP contribution in [0.25, 0.3) is 5.57 Å². The summed E-state index contributed by atoms with van der Waals surface area (Å²) < 4.78 is 5.71. The smallest absolute Gasteiger partial charge is 0.268 e. The van der Waals surface area contributed by atoms with E-state index in [-0.39, 0.29) is 17.9 Å². The average Bonchev–Trinajstić information content (AvgIpc) is 2.93. The van der Waals surface area contributed by atoms with Gasteiger partial charge in [-0.25, -0.2) is 0 Å². The summed E-state index contributed by atoms with van der Waals surface area (Å²) in [6.07, 6.45) is 2.94. The Balaban J connectivity index is 1.94. The fourth-order valence-electron chi connectivity index (χ4n) is 3.20. The van der Waals surface area contributed by atoms with Gasteiger partial charge in [0.1, 0.15) is 5.75 Å². The Morgan fingerprint density at radius 2 is 1.62 bits per heavy atom. The number of amides is 2. The van der Waals surface area contributed by atoms with Crippen LogP contribution in [0.15, 0.2) is 64.4 Å². The predicted octanol–water partition coefficient (Wildman–Crippen LogP) is 5.54. The quantitative estimate of drug-likeness (QED) is 0.403. The first-order valence-corrected chi connectivity index (χ1v) is 10.9. The molecule has 5 heteroatoms. The Kier molecular flexibility index (Phi) is 7.15. The van der Waals surface area contributed by atoms with Gasteiger partial charge in [-0.3, -0.25) is 14.5 Å². The number of ether oxygens (including phenoxy) is 1. The minimum absolute atomic E-state index is 0.0769. The molecule has 0 spiro atoms. The Hall–Kier alpha value is -2.53. The molecule has 1 aliphatic heterocycles. The Morgan fingerprint density at radius 3 is 2.24 bits per heavy atom. The van der Waals surface area contributed by atoms with E-state index < -0.39 is 0 Å². The zero-order chi connectivity index (χ0) is 20.8. The number of nitrogens with zero attached hydrogens (tertiary/aromatic N) is 1. The molecule has 1 aliphatic rings. The summed E-state index contributed by atoms with van der Waals surface area (Å²) in [4.78, 5) is 29.1. The highest BCUT2D eigenvalue weighted by Crippen LogP contribution is 2.40. The van der Waals surface area contributed by atoms with Gasteiger partial charge < -0.3 is 4.74 Å². The molecule has 29 heavy (non-hydrogen) atoms. The molecule has 0 N–H and O–H groups in total. The highest BCUT2D eigenvalue weighted by molar-refractivity contribution is 8.04. The zero-order valence-corrected chi connectivity index (χ0v) is 18.0. The Morgan fingerprint density at radius 1 is 0.931 bits per heavy atom. The molecular weight excluding hydrogens is 382 g/mol. The monoisotopic (exact) mass is 409 g/mol. The maximum atomic E-state index is 13.2. The molecule has 2 amide bonds. The van der Waals surface area contributed by atoms with Crippen molar-refractivity contribution in [2.24, 2.45) is 0 Å². The van der Waals surface area contributed by atoms with Gasteiger partial charge in [0, 0.05) is 11.4 Å². The van der Waals surface area contributed by atoms with Crippen molar-refractivity contribution in [1.29, 1.82) is 0 Å². The van der Waals surface area contributed by atoms with Crippen LogP contribution in [-0.2, 0) is 9.59 Å². The molecule has 2 aromatic rings. The number of carbonyl (C=O) groups excluding carboxylic acids is 2. The third kappa shape index (κ3) is 5.10. The van der Waals surface area contributed by atoms with Gasteiger partial charge in [-0.15, -0.1) is 0 Å². The molecule has 0 aliphatic carbocycles. The number of thioether (sulfide) groups is 1. The van der Waals surface area contributed by atoms with E-state index >= 15 is 0 Å². The fourth-order valence-corrected chi connectivity index (χ4v) is 4.24. The van der Waals surface area contributed by atoms with Crippen molar-refractivity contribution in [1.82, 2.24) is 4.90 Å². The number of unbranched alkanes of at least 4 members (excludes halogenated alkanes) is 2. The van der Waals surface area contributed by atoms with Crippen molar-refractivity contribution >= 4 is 29.1 Å². The highest BCUT2D eigenvalue weighted by Gasteiger charge is 2.39. The topological polar surface area (TPSA) is 46.6 Å². The second-order valence-electron chi connectivity index (χ2n) is 7.28. The summed E-state index contributed by atoms with van der Waals surface area (Å²) in [6, 6.07) is 17.1. The number of carbonyl (C=O) groups is 2. The lowest BCUT2D eigenvalue weighted by Crippen LogP contribution is -2.32. The predicted molar refractivity (Wildman–Crippen MR) is 118 cm³/mol. The zero-order valence-electron chi connectivity index (χ0n) is 17.2. The van der Waals surface area contributed by atoms with Crippen molar-refractivity contribution in [2.45, 2.75) is 51.0 Å². The molecule has 3 rings (SSSR count). The van der Waals surface area contributed by atoms with Gasteiger partial charge in [0.05, 0.1) is 16.6 Å². The van der Waals surface area contributed by atoms with Crippen LogP contribution >= 0.6 is 11.8 Å². The summed E-state index contributed by atoms with van der Waals surface area (Å²) in [7, 11) is 0. The van der Waals surface area contributed by atoms with Gasteiger partial charge in [0.2, 0.25) is 0 Å². The van der Waals surface area contributed by atoms with E-state index in [4.69, 9.17) is 4.74 Å². The maximum Gasteiger partial charge on any atom is 0.268 e. The lowest BCUT2D eigenvalue weighted by atomic mass is 10.1. The minimum Gasteiger partial charge on any atom is -0.491 e. The standard InChI is InChI=1S/C24H27NO3S/c1-4-5-9-16-25-23(26)21(18-12-14-19(15-13-18)28-17(2)3)22(24(25)27)29-20-10-7-6-8-11-20/h6-8,10-15,17H,4-5,9,16H2,1-3H3. The van der Waals surface area contributed by atoms with E-state index in [1.807, 2.05) is 68.4 Å². The van der Waals surface area contributed by atoms with Crippen molar-refractivity contribution in [3.8, 4) is 5.75 Å². The fraction of sp³-hybridized carbons (Fsp3) is 0.333. The normalized spacial score (nSPS) is 14.3. The van der Waals surface area contributed by atoms with Gasteiger partial charge in [-0.2, -0.15) is 0 Å². The van der Waals surface area contributed by atoms with Crippen LogP contribution in [0.2, 0.25) is 0 Å². The van der Waals surface area contributed by atoms with Gasteiger partial charge in [-0.05, 0) is 50.1 Å². The lowest BCUT2D eigenvalue weighted by molar-refractivity contribution is -0.136. The largest absolute Gasteiger partial charge is 0.491 e. The van der Waals surface area contributed by atoms with E-state index in [2.05, 4.69) is 6.92 Å². The van der Waals surface area contributed by atoms with Gasteiger partial charge in [0.25, 0.3) is 11.8 Å². The molecule has 0 bridgehead atoms. The SMILES string of the molecule is CCCCCN1C(=O)C(Sc2ccccc2)=C(c2ccc(OC(C)C)cc2)C1=O. The highest BCUT2D eigenvalue weighted by atomic mass is 32.2. The first-order valence-electron chi connectivity index (χ1n) is 10.1. The molecule has 152 valence electrons. The second kappa shape index (κ2) is 9.79. The Bertz CT molecular complexity index is 888. The molecular formula is C24H27NO3S. The molecule has 0 fully saturated rings. The van der Waals surface area contributed by atoms with Crippen LogP contribution in [0, 0.1) is 0 Å². The van der Waals surface area contributed by atoms with Crippen LogP contribution in [0.1, 0.15) is 45.6 Å². The third-order valence-corrected chi connectivity index (χ3v) is 5.68. The van der Waals surface area contributed by atoms with Crippen LogP contribution in [-0.4, -0.2) is 29.4 Å².